The van der Waals surface area contributed by atoms with Crippen LogP contribution in [0.15, 0.2) is 29.3 Å². The average molecular weight is 443 g/mol. The van der Waals surface area contributed by atoms with Gasteiger partial charge in [-0.15, -0.1) is 24.0 Å². The lowest BCUT2D eigenvalue weighted by molar-refractivity contribution is -0.135. The van der Waals surface area contributed by atoms with Crippen LogP contribution >= 0.6 is 24.0 Å². The number of hydrogen-bond acceptors (Lipinski definition) is 1. The van der Waals surface area contributed by atoms with Crippen molar-refractivity contribution in [3.8, 4) is 0 Å². The predicted molar refractivity (Wildman–Crippen MR) is 99.3 cm³/mol. The van der Waals surface area contributed by atoms with E-state index in [1.807, 2.05) is 38.1 Å². The Labute approximate surface area is 153 Å². The summed E-state index contributed by atoms with van der Waals surface area (Å²) in [4.78, 5) is 4.43. The van der Waals surface area contributed by atoms with E-state index in [4.69, 9.17) is 0 Å². The minimum Gasteiger partial charge on any atom is -0.357 e. The molecule has 0 aliphatic rings. The summed E-state index contributed by atoms with van der Waals surface area (Å²) in [7, 11) is 0. The smallest absolute Gasteiger partial charge is 0.357 e. The van der Waals surface area contributed by atoms with Crippen molar-refractivity contribution in [2.75, 3.05) is 13.1 Å². The summed E-state index contributed by atoms with van der Waals surface area (Å²) in [6, 6.07) is 8.10. The first-order chi connectivity index (χ1) is 10.4. The van der Waals surface area contributed by atoms with Crippen molar-refractivity contribution < 1.29 is 13.2 Å². The van der Waals surface area contributed by atoms with Gasteiger partial charge in [-0.05, 0) is 32.3 Å². The van der Waals surface area contributed by atoms with Gasteiger partial charge in [-0.2, -0.15) is 13.2 Å². The first-order valence-electron chi connectivity index (χ1n) is 7.55. The van der Waals surface area contributed by atoms with Crippen molar-refractivity contribution in [1.29, 1.82) is 0 Å². The first kappa shape index (κ1) is 22.0. The fourth-order valence-corrected chi connectivity index (χ4v) is 1.86. The van der Waals surface area contributed by atoms with Gasteiger partial charge in [0.1, 0.15) is 0 Å². The van der Waals surface area contributed by atoms with Gasteiger partial charge in [0, 0.05) is 19.5 Å². The molecule has 0 heterocycles. The number of aryl methyl sites for hydroxylation is 1. The first-order valence-corrected chi connectivity index (χ1v) is 7.55. The van der Waals surface area contributed by atoms with Crippen LogP contribution in [0.3, 0.4) is 0 Å². The maximum atomic E-state index is 12.0. The highest BCUT2D eigenvalue weighted by molar-refractivity contribution is 14.0. The molecule has 1 aromatic rings. The van der Waals surface area contributed by atoms with Crippen LogP contribution in [0.1, 0.15) is 37.3 Å². The van der Waals surface area contributed by atoms with Gasteiger partial charge in [0.25, 0.3) is 0 Å². The molecular formula is C16H25F3IN3. The lowest BCUT2D eigenvalue weighted by Gasteiger charge is -2.11. The second-order valence-electron chi connectivity index (χ2n) is 5.18. The molecule has 0 fully saturated rings. The number of nitrogens with zero attached hydrogens (tertiary/aromatic N) is 1. The maximum Gasteiger partial charge on any atom is 0.389 e. The van der Waals surface area contributed by atoms with Crippen molar-refractivity contribution in [2.24, 2.45) is 4.99 Å². The van der Waals surface area contributed by atoms with E-state index in [2.05, 4.69) is 15.6 Å². The molecule has 0 aliphatic heterocycles. The van der Waals surface area contributed by atoms with Crippen molar-refractivity contribution >= 4 is 29.9 Å². The summed E-state index contributed by atoms with van der Waals surface area (Å²) in [5, 5.41) is 6.15. The number of guanidine groups is 1. The number of aliphatic imine (C=N–C) groups is 1. The molecule has 0 unspecified atom stereocenters. The fraction of sp³-hybridized carbons (Fsp3) is 0.562. The maximum absolute atomic E-state index is 12.0. The van der Waals surface area contributed by atoms with Gasteiger partial charge in [0.15, 0.2) is 5.96 Å². The predicted octanol–water partition coefficient (Wildman–Crippen LogP) is 4.40. The summed E-state index contributed by atoms with van der Waals surface area (Å²) in [6.07, 6.45) is -4.20. The molecular weight excluding hydrogens is 418 g/mol. The Hall–Kier alpha value is -0.990. The lowest BCUT2D eigenvalue weighted by atomic mass is 10.1. The standard InChI is InChI=1S/C16H24F3N3.HI/c1-3-20-15(21-11-5-4-10-16(17,18)19)22-12-14-8-6-13(2)7-9-14;/h6-9H,3-5,10-12H2,1-2H3,(H2,20,21,22);1H. The Balaban J connectivity index is 0.00000484. The van der Waals surface area contributed by atoms with Crippen molar-refractivity contribution in [2.45, 2.75) is 45.8 Å². The van der Waals surface area contributed by atoms with Gasteiger partial charge in [-0.25, -0.2) is 4.99 Å². The number of hydrogen-bond donors (Lipinski definition) is 2. The van der Waals surface area contributed by atoms with E-state index in [1.165, 1.54) is 5.56 Å². The van der Waals surface area contributed by atoms with Crippen LogP contribution in [0.5, 0.6) is 0 Å². The second-order valence-corrected chi connectivity index (χ2v) is 5.18. The van der Waals surface area contributed by atoms with Crippen molar-refractivity contribution in [3.63, 3.8) is 0 Å². The third-order valence-corrected chi connectivity index (χ3v) is 3.06. The number of unbranched alkanes of at least 4 members (excludes halogenated alkanes) is 1. The Morgan fingerprint density at radius 1 is 1.09 bits per heavy atom. The summed E-state index contributed by atoms with van der Waals surface area (Å²) in [5.41, 5.74) is 2.29. The number of rotatable bonds is 7. The minimum absolute atomic E-state index is 0. The molecule has 0 bridgehead atoms. The Morgan fingerprint density at radius 2 is 1.74 bits per heavy atom. The molecule has 0 saturated heterocycles. The van der Waals surface area contributed by atoms with E-state index < -0.39 is 12.6 Å². The highest BCUT2D eigenvalue weighted by Gasteiger charge is 2.25. The quantitative estimate of drug-likeness (QED) is 0.284. The lowest BCUT2D eigenvalue weighted by Crippen LogP contribution is -2.37. The summed E-state index contributed by atoms with van der Waals surface area (Å²) in [5.74, 6) is 0.634. The van der Waals surface area contributed by atoms with Crippen LogP contribution in [0.25, 0.3) is 0 Å². The van der Waals surface area contributed by atoms with Gasteiger partial charge >= 0.3 is 6.18 Å². The van der Waals surface area contributed by atoms with E-state index in [-0.39, 0.29) is 30.4 Å². The summed E-state index contributed by atoms with van der Waals surface area (Å²) >= 11 is 0. The van der Waals surface area contributed by atoms with Crippen molar-refractivity contribution in [3.05, 3.63) is 35.4 Å². The molecule has 23 heavy (non-hydrogen) atoms. The van der Waals surface area contributed by atoms with Gasteiger partial charge in [-0.3, -0.25) is 0 Å². The molecule has 0 saturated carbocycles. The van der Waals surface area contributed by atoms with Gasteiger partial charge in [0.05, 0.1) is 6.54 Å². The summed E-state index contributed by atoms with van der Waals surface area (Å²) in [6.45, 7) is 5.71. The van der Waals surface area contributed by atoms with Crippen molar-refractivity contribution in [1.82, 2.24) is 10.6 Å². The third kappa shape index (κ3) is 11.2. The Bertz CT molecular complexity index is 459. The molecule has 0 radical (unpaired) electrons. The fourth-order valence-electron chi connectivity index (χ4n) is 1.86. The molecule has 1 aromatic carbocycles. The molecule has 0 amide bonds. The van der Waals surface area contributed by atoms with E-state index >= 15 is 0 Å². The normalized spacial score (nSPS) is 11.8. The van der Waals surface area contributed by atoms with Gasteiger partial charge in [-0.1, -0.05) is 29.8 Å². The molecule has 0 atom stereocenters. The molecule has 0 aliphatic carbocycles. The van der Waals surface area contributed by atoms with Gasteiger partial charge < -0.3 is 10.6 Å². The molecule has 1 rings (SSSR count). The number of benzene rings is 1. The van der Waals surface area contributed by atoms with Crippen LogP contribution < -0.4 is 10.6 Å². The van der Waals surface area contributed by atoms with Crippen LogP contribution in [0.4, 0.5) is 13.2 Å². The average Bonchev–Trinajstić information content (AvgIpc) is 2.44. The Morgan fingerprint density at radius 3 is 2.30 bits per heavy atom. The van der Waals surface area contributed by atoms with E-state index in [1.54, 1.807) is 0 Å². The zero-order chi connectivity index (χ0) is 16.4. The third-order valence-electron chi connectivity index (χ3n) is 3.06. The van der Waals surface area contributed by atoms with Gasteiger partial charge in [0.2, 0.25) is 0 Å². The number of alkyl halides is 3. The van der Waals surface area contributed by atoms with E-state index in [0.29, 0.717) is 32.0 Å². The number of halogens is 4. The van der Waals surface area contributed by atoms with E-state index in [0.717, 1.165) is 5.56 Å². The highest BCUT2D eigenvalue weighted by Crippen LogP contribution is 2.21. The Kier molecular flexibility index (Phi) is 11.0. The molecule has 7 heteroatoms. The van der Waals surface area contributed by atoms with Crippen LogP contribution in [0, 0.1) is 6.92 Å². The zero-order valence-corrected chi connectivity index (χ0v) is 15.9. The molecule has 0 spiro atoms. The molecule has 132 valence electrons. The summed E-state index contributed by atoms with van der Waals surface area (Å²) < 4.78 is 36.1. The number of nitrogens with one attached hydrogen (secondary N) is 2. The van der Waals surface area contributed by atoms with Crippen LogP contribution in [0.2, 0.25) is 0 Å². The molecule has 0 aromatic heterocycles. The van der Waals surface area contributed by atoms with Crippen LogP contribution in [-0.4, -0.2) is 25.2 Å². The largest absolute Gasteiger partial charge is 0.389 e. The zero-order valence-electron chi connectivity index (χ0n) is 13.5. The van der Waals surface area contributed by atoms with Crippen LogP contribution in [-0.2, 0) is 6.54 Å². The highest BCUT2D eigenvalue weighted by atomic mass is 127. The minimum atomic E-state index is -4.07. The van der Waals surface area contributed by atoms with E-state index in [9.17, 15) is 13.2 Å². The molecule has 2 N–H and O–H groups in total. The SMILES string of the molecule is CCNC(=NCc1ccc(C)cc1)NCCCCC(F)(F)F.I. The topological polar surface area (TPSA) is 36.4 Å². The monoisotopic (exact) mass is 443 g/mol. The second kappa shape index (κ2) is 11.5. The molecule has 3 nitrogen and oxygen atoms in total.